The van der Waals surface area contributed by atoms with Gasteiger partial charge in [0, 0.05) is 23.4 Å². The molecule has 27 heavy (non-hydrogen) atoms. The third kappa shape index (κ3) is 3.82. The van der Waals surface area contributed by atoms with Gasteiger partial charge in [0.15, 0.2) is 5.11 Å². The summed E-state index contributed by atoms with van der Waals surface area (Å²) < 4.78 is 11.0. The van der Waals surface area contributed by atoms with Crippen molar-refractivity contribution in [3.63, 3.8) is 0 Å². The first-order chi connectivity index (χ1) is 12.9. The molecule has 0 spiro atoms. The number of benzene rings is 1. The molecular formula is C18H17N3O5S. The van der Waals surface area contributed by atoms with Crippen LogP contribution in [0.3, 0.4) is 0 Å². The summed E-state index contributed by atoms with van der Waals surface area (Å²) in [6.07, 6.45) is 0. The molecule has 1 aromatic heterocycles. The van der Waals surface area contributed by atoms with Gasteiger partial charge in [-0.15, -0.1) is 0 Å². The Labute approximate surface area is 160 Å². The summed E-state index contributed by atoms with van der Waals surface area (Å²) in [6, 6.07) is 8.90. The predicted octanol–water partition coefficient (Wildman–Crippen LogP) is 3.21. The molecule has 0 saturated heterocycles. The van der Waals surface area contributed by atoms with E-state index in [1.165, 1.54) is 12.1 Å². The summed E-state index contributed by atoms with van der Waals surface area (Å²) in [4.78, 5) is 22.7. The topological polar surface area (TPSA) is 107 Å². The summed E-state index contributed by atoms with van der Waals surface area (Å²) >= 11 is 5.19. The Morgan fingerprint density at radius 1 is 1.30 bits per heavy atom. The van der Waals surface area contributed by atoms with E-state index < -0.39 is 16.9 Å². The smallest absolute Gasteiger partial charge is 0.338 e. The summed E-state index contributed by atoms with van der Waals surface area (Å²) in [6.45, 7) is 3.72. The van der Waals surface area contributed by atoms with Crippen LogP contribution < -0.4 is 10.6 Å². The molecule has 0 bridgehead atoms. The van der Waals surface area contributed by atoms with Crippen LogP contribution in [-0.4, -0.2) is 22.6 Å². The van der Waals surface area contributed by atoms with Gasteiger partial charge in [-0.2, -0.15) is 0 Å². The summed E-state index contributed by atoms with van der Waals surface area (Å²) in [5.74, 6) is 0.539. The van der Waals surface area contributed by atoms with Crippen molar-refractivity contribution in [3.05, 3.63) is 63.5 Å². The SMILES string of the molecule is CCOC(=O)C1=C(C)NC(=S)N[C@@H]1c1ccc(-c2ccc([N+](=O)[O-])cc2)o1. The minimum atomic E-state index is -0.593. The zero-order valence-electron chi connectivity index (χ0n) is 14.6. The van der Waals surface area contributed by atoms with Gasteiger partial charge in [-0.25, -0.2) is 4.79 Å². The number of nitro groups is 1. The van der Waals surface area contributed by atoms with E-state index in [4.69, 9.17) is 21.4 Å². The number of nitrogens with zero attached hydrogens (tertiary/aromatic N) is 1. The average molecular weight is 387 g/mol. The number of allylic oxidation sites excluding steroid dienone is 1. The number of non-ortho nitro benzene ring substituents is 1. The summed E-state index contributed by atoms with van der Waals surface area (Å²) in [7, 11) is 0. The molecule has 140 valence electrons. The van der Waals surface area contributed by atoms with E-state index in [0.29, 0.717) is 33.5 Å². The number of ether oxygens (including phenoxy) is 1. The number of nitrogens with one attached hydrogen (secondary N) is 2. The third-order valence-corrected chi connectivity index (χ3v) is 4.26. The zero-order chi connectivity index (χ0) is 19.6. The van der Waals surface area contributed by atoms with Crippen LogP contribution in [0.4, 0.5) is 5.69 Å². The lowest BCUT2D eigenvalue weighted by molar-refractivity contribution is -0.384. The number of carbonyl (C=O) groups is 1. The largest absolute Gasteiger partial charge is 0.463 e. The Morgan fingerprint density at radius 3 is 2.63 bits per heavy atom. The van der Waals surface area contributed by atoms with Crippen LogP contribution in [0.1, 0.15) is 25.6 Å². The lowest BCUT2D eigenvalue weighted by Crippen LogP contribution is -2.45. The Balaban J connectivity index is 1.93. The maximum absolute atomic E-state index is 12.4. The molecule has 0 saturated carbocycles. The molecule has 0 fully saturated rings. The van der Waals surface area contributed by atoms with E-state index in [9.17, 15) is 14.9 Å². The summed E-state index contributed by atoms with van der Waals surface area (Å²) in [5, 5.41) is 17.1. The zero-order valence-corrected chi connectivity index (χ0v) is 15.5. The maximum atomic E-state index is 12.4. The van der Waals surface area contributed by atoms with Crippen LogP contribution >= 0.6 is 12.2 Å². The highest BCUT2D eigenvalue weighted by molar-refractivity contribution is 7.80. The quantitative estimate of drug-likeness (QED) is 0.349. The van der Waals surface area contributed by atoms with Crippen LogP contribution in [0.15, 0.2) is 52.1 Å². The molecule has 9 heteroatoms. The first-order valence-corrected chi connectivity index (χ1v) is 8.61. The molecule has 0 radical (unpaired) electrons. The van der Waals surface area contributed by atoms with Crippen molar-refractivity contribution in [2.75, 3.05) is 6.61 Å². The van der Waals surface area contributed by atoms with Crippen LogP contribution in [0, 0.1) is 10.1 Å². The average Bonchev–Trinajstić information content (AvgIpc) is 3.11. The minimum absolute atomic E-state index is 0.000875. The van der Waals surface area contributed by atoms with E-state index in [0.717, 1.165) is 0 Å². The van der Waals surface area contributed by atoms with Gasteiger partial charge in [0.25, 0.3) is 5.69 Å². The third-order valence-electron chi connectivity index (χ3n) is 4.04. The number of carbonyl (C=O) groups excluding carboxylic acids is 1. The fraction of sp³-hybridized carbons (Fsp3) is 0.222. The highest BCUT2D eigenvalue weighted by Crippen LogP contribution is 2.32. The van der Waals surface area contributed by atoms with Gasteiger partial charge < -0.3 is 19.8 Å². The number of furan rings is 1. The molecule has 1 atom stereocenters. The van der Waals surface area contributed by atoms with Crippen molar-refractivity contribution < 1.29 is 18.9 Å². The van der Waals surface area contributed by atoms with Gasteiger partial charge in [0.1, 0.15) is 17.6 Å². The monoisotopic (exact) mass is 387 g/mol. The number of rotatable bonds is 5. The number of nitro benzene ring substituents is 1. The van der Waals surface area contributed by atoms with Crippen molar-refractivity contribution >= 4 is 29.0 Å². The van der Waals surface area contributed by atoms with Gasteiger partial charge >= 0.3 is 5.97 Å². The van der Waals surface area contributed by atoms with Gasteiger partial charge in [0.05, 0.1) is 17.1 Å². The van der Waals surface area contributed by atoms with Gasteiger partial charge in [0.2, 0.25) is 0 Å². The van der Waals surface area contributed by atoms with E-state index in [-0.39, 0.29) is 12.3 Å². The Kier molecular flexibility index (Phi) is 5.22. The second-order valence-corrected chi connectivity index (χ2v) is 6.20. The molecule has 0 amide bonds. The maximum Gasteiger partial charge on any atom is 0.338 e. The van der Waals surface area contributed by atoms with Crippen LogP contribution in [0.25, 0.3) is 11.3 Å². The highest BCUT2D eigenvalue weighted by atomic mass is 32.1. The van der Waals surface area contributed by atoms with E-state index in [2.05, 4.69) is 10.6 Å². The lowest BCUT2D eigenvalue weighted by Gasteiger charge is -2.28. The molecule has 0 aliphatic carbocycles. The molecule has 2 N–H and O–H groups in total. The molecule has 1 aliphatic rings. The Bertz CT molecular complexity index is 933. The molecule has 0 unspecified atom stereocenters. The van der Waals surface area contributed by atoms with E-state index in [1.54, 1.807) is 38.1 Å². The Hall–Kier alpha value is -3.20. The Morgan fingerprint density at radius 2 is 2.00 bits per heavy atom. The normalized spacial score (nSPS) is 16.5. The van der Waals surface area contributed by atoms with Gasteiger partial charge in [-0.3, -0.25) is 10.1 Å². The van der Waals surface area contributed by atoms with Crippen molar-refractivity contribution in [2.24, 2.45) is 0 Å². The highest BCUT2D eigenvalue weighted by Gasteiger charge is 2.33. The molecule has 1 aromatic carbocycles. The second-order valence-electron chi connectivity index (χ2n) is 5.80. The van der Waals surface area contributed by atoms with E-state index in [1.807, 2.05) is 0 Å². The van der Waals surface area contributed by atoms with Crippen molar-refractivity contribution in [3.8, 4) is 11.3 Å². The van der Waals surface area contributed by atoms with Crippen molar-refractivity contribution in [2.45, 2.75) is 19.9 Å². The molecule has 2 heterocycles. The fourth-order valence-corrected chi connectivity index (χ4v) is 3.07. The number of esters is 1. The molecular weight excluding hydrogens is 370 g/mol. The van der Waals surface area contributed by atoms with Gasteiger partial charge in [-0.1, -0.05) is 0 Å². The minimum Gasteiger partial charge on any atom is -0.463 e. The van der Waals surface area contributed by atoms with Crippen molar-refractivity contribution in [1.29, 1.82) is 0 Å². The van der Waals surface area contributed by atoms with E-state index >= 15 is 0 Å². The first kappa shape index (κ1) is 18.6. The first-order valence-electron chi connectivity index (χ1n) is 8.20. The van der Waals surface area contributed by atoms with Crippen LogP contribution in [-0.2, 0) is 9.53 Å². The second kappa shape index (κ2) is 7.58. The molecule has 2 aromatic rings. The number of thiocarbonyl (C=S) groups is 1. The standard InChI is InChI=1S/C18H17N3O5S/c1-3-25-17(22)15-10(2)19-18(27)20-16(15)14-9-8-13(26-14)11-4-6-12(7-5-11)21(23)24/h4-9,16H,3H2,1-2H3,(H2,19,20,27)/t16-/m1/s1. The lowest BCUT2D eigenvalue weighted by atomic mass is 10.0. The molecule has 3 rings (SSSR count). The number of hydrogen-bond donors (Lipinski definition) is 2. The summed E-state index contributed by atoms with van der Waals surface area (Å²) in [5.41, 5.74) is 1.66. The molecule has 1 aliphatic heterocycles. The van der Waals surface area contributed by atoms with Gasteiger partial charge in [-0.05, 0) is 50.3 Å². The molecule has 8 nitrogen and oxygen atoms in total. The fourth-order valence-electron chi connectivity index (χ4n) is 2.80. The van der Waals surface area contributed by atoms with Crippen molar-refractivity contribution in [1.82, 2.24) is 10.6 Å². The van der Waals surface area contributed by atoms with Crippen LogP contribution in [0.2, 0.25) is 0 Å². The van der Waals surface area contributed by atoms with Crippen LogP contribution in [0.5, 0.6) is 0 Å². The predicted molar refractivity (Wildman–Crippen MR) is 102 cm³/mol. The number of hydrogen-bond acceptors (Lipinski definition) is 6.